The van der Waals surface area contributed by atoms with Crippen LogP contribution in [0.25, 0.3) is 22.2 Å². The van der Waals surface area contributed by atoms with Gasteiger partial charge in [0.2, 0.25) is 0 Å². The largest absolute Gasteiger partial charge is 0.342 e. The number of aromatic nitrogens is 2. The number of aromatic amines is 1. The first-order chi connectivity index (χ1) is 13.0. The smallest absolute Gasteiger partial charge is 0.107 e. The second-order valence-corrected chi connectivity index (χ2v) is 8.23. The van der Waals surface area contributed by atoms with Crippen LogP contribution in [0, 0.1) is 0 Å². The maximum atomic E-state index is 4.76. The lowest BCUT2D eigenvalue weighted by Gasteiger charge is -2.19. The highest BCUT2D eigenvalue weighted by Crippen LogP contribution is 2.24. The third-order valence-electron chi connectivity index (χ3n) is 5.11. The summed E-state index contributed by atoms with van der Waals surface area (Å²) in [5.41, 5.74) is 7.53. The second kappa shape index (κ2) is 7.03. The Morgan fingerprint density at radius 1 is 0.778 bits per heavy atom. The van der Waals surface area contributed by atoms with Crippen molar-refractivity contribution in [2.45, 2.75) is 39.0 Å². The lowest BCUT2D eigenvalue weighted by molar-refractivity contribution is 0.590. The molecule has 0 radical (unpaired) electrons. The zero-order valence-corrected chi connectivity index (χ0v) is 16.3. The normalized spacial score (nSPS) is 11.8. The molecule has 0 amide bonds. The van der Waals surface area contributed by atoms with Gasteiger partial charge in [0.1, 0.15) is 5.82 Å². The Morgan fingerprint density at radius 3 is 2.22 bits per heavy atom. The lowest BCUT2D eigenvalue weighted by atomic mass is 9.86. The van der Waals surface area contributed by atoms with E-state index in [1.807, 2.05) is 6.07 Å². The topological polar surface area (TPSA) is 28.7 Å². The van der Waals surface area contributed by atoms with Crippen molar-refractivity contribution in [3.63, 3.8) is 0 Å². The third-order valence-corrected chi connectivity index (χ3v) is 5.11. The van der Waals surface area contributed by atoms with Crippen molar-refractivity contribution >= 4 is 11.0 Å². The molecule has 0 saturated carbocycles. The van der Waals surface area contributed by atoms with Crippen molar-refractivity contribution in [2.24, 2.45) is 0 Å². The van der Waals surface area contributed by atoms with E-state index in [1.54, 1.807) is 0 Å². The fourth-order valence-electron chi connectivity index (χ4n) is 3.43. The van der Waals surface area contributed by atoms with Gasteiger partial charge in [-0.25, -0.2) is 4.98 Å². The fraction of sp³-hybridized carbons (Fsp3) is 0.240. The van der Waals surface area contributed by atoms with Crippen LogP contribution in [0.3, 0.4) is 0 Å². The van der Waals surface area contributed by atoms with Crippen LogP contribution in [0.2, 0.25) is 0 Å². The van der Waals surface area contributed by atoms with Crippen LogP contribution in [0.1, 0.15) is 37.7 Å². The number of rotatable bonds is 4. The van der Waals surface area contributed by atoms with Gasteiger partial charge in [-0.2, -0.15) is 0 Å². The molecule has 0 unspecified atom stereocenters. The number of H-pyrrole nitrogens is 1. The van der Waals surface area contributed by atoms with Gasteiger partial charge in [0.25, 0.3) is 0 Å². The minimum absolute atomic E-state index is 0.202. The molecule has 2 nitrogen and oxygen atoms in total. The fourth-order valence-corrected chi connectivity index (χ4v) is 3.43. The maximum absolute atomic E-state index is 4.76. The van der Waals surface area contributed by atoms with Crippen molar-refractivity contribution in [3.8, 4) is 11.1 Å². The first-order valence-corrected chi connectivity index (χ1v) is 9.62. The van der Waals surface area contributed by atoms with Crippen molar-refractivity contribution in [3.05, 3.63) is 89.7 Å². The Hall–Kier alpha value is -2.87. The molecule has 0 aliphatic rings. The first-order valence-electron chi connectivity index (χ1n) is 9.62. The van der Waals surface area contributed by atoms with Gasteiger partial charge in [0.05, 0.1) is 11.0 Å². The van der Waals surface area contributed by atoms with Gasteiger partial charge in [0, 0.05) is 6.42 Å². The predicted octanol–water partition coefficient (Wildman–Crippen LogP) is 6.31. The van der Waals surface area contributed by atoms with E-state index in [9.17, 15) is 0 Å². The van der Waals surface area contributed by atoms with Gasteiger partial charge < -0.3 is 4.98 Å². The number of nitrogens with one attached hydrogen (secondary N) is 1. The van der Waals surface area contributed by atoms with Crippen LogP contribution >= 0.6 is 0 Å². The Balaban J connectivity index is 1.49. The number of hydrogen-bond donors (Lipinski definition) is 1. The van der Waals surface area contributed by atoms with Crippen LogP contribution in [0.5, 0.6) is 0 Å². The summed E-state index contributed by atoms with van der Waals surface area (Å²) in [5, 5.41) is 0. The molecule has 1 N–H and O–H groups in total. The summed E-state index contributed by atoms with van der Waals surface area (Å²) in [6.45, 7) is 6.75. The molecule has 0 aliphatic carbocycles. The molecule has 0 atom stereocenters. The van der Waals surface area contributed by atoms with Gasteiger partial charge in [-0.15, -0.1) is 0 Å². The number of imidazole rings is 1. The minimum atomic E-state index is 0.202. The Labute approximate surface area is 161 Å². The van der Waals surface area contributed by atoms with E-state index in [2.05, 4.69) is 92.5 Å². The highest BCUT2D eigenvalue weighted by molar-refractivity contribution is 5.82. The standard InChI is InChI=1S/C25H26N2/c1-25(2,3)21-13-9-18(10-14-21)11-16-24-26-22-15-12-20(17-23(22)27-24)19-7-5-4-6-8-19/h4-10,12-15,17H,11,16H2,1-3H3,(H,26,27). The zero-order chi connectivity index (χ0) is 18.9. The van der Waals surface area contributed by atoms with Crippen LogP contribution < -0.4 is 0 Å². The van der Waals surface area contributed by atoms with E-state index in [0.717, 1.165) is 29.7 Å². The molecule has 3 aromatic carbocycles. The molecule has 4 aromatic rings. The predicted molar refractivity (Wildman–Crippen MR) is 114 cm³/mol. The molecule has 0 bridgehead atoms. The average Bonchev–Trinajstić information content (AvgIpc) is 3.09. The summed E-state index contributed by atoms with van der Waals surface area (Å²) in [7, 11) is 0. The summed E-state index contributed by atoms with van der Waals surface area (Å²) < 4.78 is 0. The van der Waals surface area contributed by atoms with Gasteiger partial charge in [-0.1, -0.05) is 81.4 Å². The number of aryl methyl sites for hydroxylation is 2. The number of nitrogens with zero attached hydrogens (tertiary/aromatic N) is 1. The monoisotopic (exact) mass is 354 g/mol. The molecule has 1 heterocycles. The highest BCUT2D eigenvalue weighted by Gasteiger charge is 2.13. The molecule has 2 heteroatoms. The van der Waals surface area contributed by atoms with Crippen LogP contribution in [0.4, 0.5) is 0 Å². The number of hydrogen-bond acceptors (Lipinski definition) is 1. The molecule has 136 valence electrons. The number of fused-ring (bicyclic) bond motifs is 1. The van der Waals surface area contributed by atoms with Gasteiger partial charge in [-0.05, 0) is 46.2 Å². The molecule has 0 aliphatic heterocycles. The SMILES string of the molecule is CC(C)(C)c1ccc(CCc2nc3ccc(-c4ccccc4)cc3[nH]2)cc1. The highest BCUT2D eigenvalue weighted by atomic mass is 14.9. The molecule has 0 fully saturated rings. The summed E-state index contributed by atoms with van der Waals surface area (Å²) in [6, 6.07) is 25.9. The molecule has 0 saturated heterocycles. The minimum Gasteiger partial charge on any atom is -0.342 e. The summed E-state index contributed by atoms with van der Waals surface area (Å²) >= 11 is 0. The Kier molecular flexibility index (Phi) is 4.57. The van der Waals surface area contributed by atoms with Crippen LogP contribution in [-0.4, -0.2) is 9.97 Å². The van der Waals surface area contributed by atoms with Crippen LogP contribution in [0.15, 0.2) is 72.8 Å². The van der Waals surface area contributed by atoms with E-state index in [1.165, 1.54) is 22.3 Å². The maximum Gasteiger partial charge on any atom is 0.107 e. The first kappa shape index (κ1) is 17.5. The molecule has 4 rings (SSSR count). The summed E-state index contributed by atoms with van der Waals surface area (Å²) in [5.74, 6) is 1.05. The molecule has 27 heavy (non-hydrogen) atoms. The molecular weight excluding hydrogens is 328 g/mol. The molecule has 0 spiro atoms. The molecule has 1 aromatic heterocycles. The van der Waals surface area contributed by atoms with E-state index >= 15 is 0 Å². The lowest BCUT2D eigenvalue weighted by Crippen LogP contribution is -2.10. The van der Waals surface area contributed by atoms with E-state index < -0.39 is 0 Å². The zero-order valence-electron chi connectivity index (χ0n) is 16.3. The van der Waals surface area contributed by atoms with E-state index in [0.29, 0.717) is 0 Å². The van der Waals surface area contributed by atoms with Gasteiger partial charge in [-0.3, -0.25) is 0 Å². The van der Waals surface area contributed by atoms with Crippen molar-refractivity contribution in [1.29, 1.82) is 0 Å². The Bertz CT molecular complexity index is 1040. The van der Waals surface area contributed by atoms with E-state index in [4.69, 9.17) is 4.98 Å². The van der Waals surface area contributed by atoms with E-state index in [-0.39, 0.29) is 5.41 Å². The average molecular weight is 354 g/mol. The van der Waals surface area contributed by atoms with Crippen LogP contribution in [-0.2, 0) is 18.3 Å². The quantitative estimate of drug-likeness (QED) is 0.457. The summed E-state index contributed by atoms with van der Waals surface area (Å²) in [6.07, 6.45) is 1.92. The molecular formula is C25H26N2. The Morgan fingerprint density at radius 2 is 1.52 bits per heavy atom. The van der Waals surface area contributed by atoms with Crippen molar-refractivity contribution in [2.75, 3.05) is 0 Å². The second-order valence-electron chi connectivity index (χ2n) is 8.23. The van der Waals surface area contributed by atoms with Crippen molar-refractivity contribution in [1.82, 2.24) is 9.97 Å². The summed E-state index contributed by atoms with van der Waals surface area (Å²) in [4.78, 5) is 8.26. The van der Waals surface area contributed by atoms with Gasteiger partial charge >= 0.3 is 0 Å². The van der Waals surface area contributed by atoms with Crippen molar-refractivity contribution < 1.29 is 0 Å². The third kappa shape index (κ3) is 3.95. The number of benzene rings is 3. The van der Waals surface area contributed by atoms with Gasteiger partial charge in [0.15, 0.2) is 0 Å².